The molecule has 0 aliphatic rings. The molecule has 0 aliphatic heterocycles. The van der Waals surface area contributed by atoms with Crippen molar-refractivity contribution >= 4 is 33.2 Å². The Hall–Kier alpha value is -1.39. The van der Waals surface area contributed by atoms with Crippen LogP contribution in [0.3, 0.4) is 0 Å². The average molecular weight is 357 g/mol. The molecule has 0 heterocycles. The maximum Gasteiger partial charge on any atom is 0.145 e. The van der Waals surface area contributed by atoms with Gasteiger partial charge in [0.15, 0.2) is 0 Å². The molecule has 0 aromatic heterocycles. The highest BCUT2D eigenvalue weighted by Gasteiger charge is 2.06. The van der Waals surface area contributed by atoms with Crippen molar-refractivity contribution in [3.63, 3.8) is 0 Å². The highest BCUT2D eigenvalue weighted by molar-refractivity contribution is 9.10. The van der Waals surface area contributed by atoms with Crippen LogP contribution < -0.4 is 14.8 Å². The van der Waals surface area contributed by atoms with Crippen LogP contribution in [0, 0.1) is 0 Å². The zero-order valence-corrected chi connectivity index (χ0v) is 13.6. The largest absolute Gasteiger partial charge is 0.497 e. The van der Waals surface area contributed by atoms with E-state index in [1.165, 1.54) is 0 Å². The second kappa shape index (κ2) is 6.86. The summed E-state index contributed by atoms with van der Waals surface area (Å²) in [6.07, 6.45) is 0. The third kappa shape index (κ3) is 3.58. The van der Waals surface area contributed by atoms with Crippen LogP contribution in [0.2, 0.25) is 5.02 Å². The fourth-order valence-electron chi connectivity index (χ4n) is 1.80. The third-order valence-corrected chi connectivity index (χ3v) is 3.87. The Morgan fingerprint density at radius 1 is 1.10 bits per heavy atom. The molecule has 0 radical (unpaired) electrons. The number of methoxy groups -OCH3 is 2. The van der Waals surface area contributed by atoms with Crippen LogP contribution in [-0.2, 0) is 6.54 Å². The molecule has 20 heavy (non-hydrogen) atoms. The van der Waals surface area contributed by atoms with Crippen LogP contribution in [-0.4, -0.2) is 14.2 Å². The smallest absolute Gasteiger partial charge is 0.145 e. The molecule has 1 N–H and O–H groups in total. The van der Waals surface area contributed by atoms with Gasteiger partial charge in [-0.25, -0.2) is 0 Å². The minimum Gasteiger partial charge on any atom is -0.497 e. The molecule has 2 aromatic carbocycles. The van der Waals surface area contributed by atoms with Gasteiger partial charge in [0.05, 0.1) is 19.9 Å². The molecule has 0 bridgehead atoms. The summed E-state index contributed by atoms with van der Waals surface area (Å²) in [7, 11) is 3.27. The second-order valence-corrected chi connectivity index (χ2v) is 5.45. The first-order chi connectivity index (χ1) is 9.63. The first-order valence-electron chi connectivity index (χ1n) is 6.04. The topological polar surface area (TPSA) is 30.5 Å². The monoisotopic (exact) mass is 355 g/mol. The number of hydrogen-bond acceptors (Lipinski definition) is 3. The lowest BCUT2D eigenvalue weighted by Crippen LogP contribution is -2.02. The molecule has 0 aliphatic carbocycles. The van der Waals surface area contributed by atoms with Gasteiger partial charge in [-0.2, -0.15) is 0 Å². The molecule has 0 atom stereocenters. The van der Waals surface area contributed by atoms with E-state index in [1.807, 2.05) is 36.4 Å². The molecule has 0 saturated carbocycles. The molecule has 0 fully saturated rings. The molecule has 2 rings (SSSR count). The van der Waals surface area contributed by atoms with Gasteiger partial charge in [-0.1, -0.05) is 33.6 Å². The number of anilines is 1. The summed E-state index contributed by atoms with van der Waals surface area (Å²) in [4.78, 5) is 0. The van der Waals surface area contributed by atoms with E-state index in [2.05, 4.69) is 21.2 Å². The molecule has 3 nitrogen and oxygen atoms in total. The van der Waals surface area contributed by atoms with Gasteiger partial charge in [0.1, 0.15) is 11.5 Å². The lowest BCUT2D eigenvalue weighted by Gasteiger charge is -2.13. The van der Waals surface area contributed by atoms with E-state index in [9.17, 15) is 0 Å². The Bertz CT molecular complexity index is 604. The molecule has 5 heteroatoms. The quantitative estimate of drug-likeness (QED) is 0.840. The van der Waals surface area contributed by atoms with Crippen molar-refractivity contribution in [1.82, 2.24) is 0 Å². The van der Waals surface area contributed by atoms with E-state index < -0.39 is 0 Å². The molecule has 0 spiro atoms. The number of rotatable bonds is 5. The van der Waals surface area contributed by atoms with Crippen LogP contribution >= 0.6 is 27.5 Å². The third-order valence-electron chi connectivity index (χ3n) is 2.89. The molecule has 0 unspecified atom stereocenters. The normalized spacial score (nSPS) is 10.2. The summed E-state index contributed by atoms with van der Waals surface area (Å²) >= 11 is 9.43. The van der Waals surface area contributed by atoms with E-state index in [0.29, 0.717) is 11.6 Å². The van der Waals surface area contributed by atoms with Crippen molar-refractivity contribution in [2.24, 2.45) is 0 Å². The zero-order chi connectivity index (χ0) is 14.5. The average Bonchev–Trinajstić information content (AvgIpc) is 2.46. The van der Waals surface area contributed by atoms with Crippen molar-refractivity contribution < 1.29 is 9.47 Å². The maximum atomic E-state index is 5.93. The summed E-state index contributed by atoms with van der Waals surface area (Å²) in [5.41, 5.74) is 2.03. The van der Waals surface area contributed by atoms with Crippen molar-refractivity contribution in [2.75, 3.05) is 19.5 Å². The lowest BCUT2D eigenvalue weighted by molar-refractivity contribution is 0.395. The minimum atomic E-state index is 0.667. The molecule has 106 valence electrons. The summed E-state index contributed by atoms with van der Waals surface area (Å²) in [6.45, 7) is 0.667. The predicted octanol–water partition coefficient (Wildman–Crippen LogP) is 4.73. The van der Waals surface area contributed by atoms with Gasteiger partial charge in [-0.15, -0.1) is 0 Å². The van der Waals surface area contributed by atoms with Gasteiger partial charge >= 0.3 is 0 Å². The second-order valence-electron chi connectivity index (χ2n) is 4.16. The van der Waals surface area contributed by atoms with Crippen molar-refractivity contribution in [2.45, 2.75) is 6.54 Å². The molecular weight excluding hydrogens is 342 g/mol. The number of halogens is 2. The highest BCUT2D eigenvalue weighted by Crippen LogP contribution is 2.30. The summed E-state index contributed by atoms with van der Waals surface area (Å²) < 4.78 is 11.5. The molecular formula is C15H15BrClNO2. The van der Waals surface area contributed by atoms with Gasteiger partial charge in [0, 0.05) is 22.1 Å². The maximum absolute atomic E-state index is 5.93. The summed E-state index contributed by atoms with van der Waals surface area (Å²) in [5, 5.41) is 4.05. The van der Waals surface area contributed by atoms with Crippen molar-refractivity contribution in [3.8, 4) is 11.5 Å². The highest BCUT2D eigenvalue weighted by atomic mass is 79.9. The van der Waals surface area contributed by atoms with E-state index in [4.69, 9.17) is 21.1 Å². The first kappa shape index (κ1) is 15.0. The van der Waals surface area contributed by atoms with Crippen molar-refractivity contribution in [3.05, 3.63) is 51.5 Å². The molecule has 0 amide bonds. The van der Waals surface area contributed by atoms with Crippen molar-refractivity contribution in [1.29, 1.82) is 0 Å². The van der Waals surface area contributed by atoms with E-state index in [0.717, 1.165) is 27.2 Å². The zero-order valence-electron chi connectivity index (χ0n) is 11.2. The van der Waals surface area contributed by atoms with E-state index >= 15 is 0 Å². The van der Waals surface area contributed by atoms with Gasteiger partial charge in [0.25, 0.3) is 0 Å². The van der Waals surface area contributed by atoms with Gasteiger partial charge in [-0.05, 0) is 29.8 Å². The molecule has 0 saturated heterocycles. The number of ether oxygens (including phenoxy) is 2. The Labute approximate surface area is 132 Å². The van der Waals surface area contributed by atoms with Gasteiger partial charge < -0.3 is 14.8 Å². The van der Waals surface area contributed by atoms with Crippen LogP contribution in [0.1, 0.15) is 5.56 Å². The summed E-state index contributed by atoms with van der Waals surface area (Å²) in [6, 6.07) is 11.4. The standard InChI is InChI=1S/C15H15BrClNO2/c1-19-12-5-6-14(15(8-12)20-2)18-9-10-3-4-11(17)7-13(10)16/h3-8,18H,9H2,1-2H3. The van der Waals surface area contributed by atoms with Gasteiger partial charge in [0.2, 0.25) is 0 Å². The Kier molecular flexibility index (Phi) is 5.15. The van der Waals surface area contributed by atoms with E-state index in [-0.39, 0.29) is 0 Å². The minimum absolute atomic E-state index is 0.667. The first-order valence-corrected chi connectivity index (χ1v) is 7.21. The Balaban J connectivity index is 2.14. The lowest BCUT2D eigenvalue weighted by atomic mass is 10.2. The molecule has 2 aromatic rings. The summed E-state index contributed by atoms with van der Waals surface area (Å²) in [5.74, 6) is 1.51. The fourth-order valence-corrected chi connectivity index (χ4v) is 2.62. The van der Waals surface area contributed by atoms with E-state index in [1.54, 1.807) is 14.2 Å². The Morgan fingerprint density at radius 3 is 2.55 bits per heavy atom. The number of nitrogens with one attached hydrogen (secondary N) is 1. The van der Waals surface area contributed by atoms with Crippen LogP contribution in [0.15, 0.2) is 40.9 Å². The number of hydrogen-bond donors (Lipinski definition) is 1. The van der Waals surface area contributed by atoms with Gasteiger partial charge in [-0.3, -0.25) is 0 Å². The van der Waals surface area contributed by atoms with Crippen LogP contribution in [0.25, 0.3) is 0 Å². The van der Waals surface area contributed by atoms with Crippen LogP contribution in [0.4, 0.5) is 5.69 Å². The fraction of sp³-hybridized carbons (Fsp3) is 0.200. The Morgan fingerprint density at radius 2 is 1.90 bits per heavy atom. The number of benzene rings is 2. The SMILES string of the molecule is COc1ccc(NCc2ccc(Cl)cc2Br)c(OC)c1. The predicted molar refractivity (Wildman–Crippen MR) is 86.0 cm³/mol. The van der Waals surface area contributed by atoms with Crippen LogP contribution in [0.5, 0.6) is 11.5 Å².